The summed E-state index contributed by atoms with van der Waals surface area (Å²) in [5.74, 6) is 0. The topological polar surface area (TPSA) is 12.5 Å². The highest BCUT2D eigenvalue weighted by Crippen LogP contribution is 2.35. The van der Waals surface area contributed by atoms with Crippen molar-refractivity contribution in [1.82, 2.24) is 4.90 Å². The van der Waals surface area contributed by atoms with E-state index in [4.69, 9.17) is 4.74 Å². The van der Waals surface area contributed by atoms with Crippen LogP contribution in [0.4, 0.5) is 0 Å². The van der Waals surface area contributed by atoms with Crippen molar-refractivity contribution in [3.8, 4) is 0 Å². The van der Waals surface area contributed by atoms with E-state index in [1.54, 1.807) is 0 Å². The van der Waals surface area contributed by atoms with Crippen molar-refractivity contribution in [3.05, 3.63) is 0 Å². The molecule has 0 heterocycles. The first-order chi connectivity index (χ1) is 9.76. The average Bonchev–Trinajstić information content (AvgIpc) is 2.70. The summed E-state index contributed by atoms with van der Waals surface area (Å²) in [7, 11) is 0. The third-order valence-corrected chi connectivity index (χ3v) is 4.96. The Morgan fingerprint density at radius 1 is 0.900 bits per heavy atom. The zero-order valence-corrected chi connectivity index (χ0v) is 14.3. The van der Waals surface area contributed by atoms with E-state index in [1.165, 1.54) is 64.2 Å². The van der Waals surface area contributed by atoms with Gasteiger partial charge in [0.15, 0.2) is 0 Å². The van der Waals surface area contributed by atoms with Crippen LogP contribution in [0.2, 0.25) is 0 Å². The lowest BCUT2D eigenvalue weighted by atomic mass is 9.88. The van der Waals surface area contributed by atoms with Gasteiger partial charge >= 0.3 is 0 Å². The fourth-order valence-corrected chi connectivity index (χ4v) is 3.47. The molecule has 0 radical (unpaired) electrons. The highest BCUT2D eigenvalue weighted by molar-refractivity contribution is 4.83. The van der Waals surface area contributed by atoms with Crippen molar-refractivity contribution in [2.45, 2.75) is 90.6 Å². The summed E-state index contributed by atoms with van der Waals surface area (Å²) >= 11 is 0. The Kier molecular flexibility index (Phi) is 9.54. The molecule has 0 unspecified atom stereocenters. The van der Waals surface area contributed by atoms with Crippen LogP contribution >= 0.6 is 0 Å². The third-order valence-electron chi connectivity index (χ3n) is 4.96. The van der Waals surface area contributed by atoms with E-state index in [0.29, 0.717) is 0 Å². The van der Waals surface area contributed by atoms with E-state index in [0.717, 1.165) is 26.2 Å². The summed E-state index contributed by atoms with van der Waals surface area (Å²) in [5.41, 5.74) is 0.221. The van der Waals surface area contributed by atoms with E-state index >= 15 is 0 Å². The van der Waals surface area contributed by atoms with E-state index in [1.807, 2.05) is 0 Å². The number of hydrogen-bond acceptors (Lipinski definition) is 2. The van der Waals surface area contributed by atoms with Gasteiger partial charge in [-0.2, -0.15) is 0 Å². The molecule has 0 aromatic heterocycles. The second-order valence-electron chi connectivity index (χ2n) is 6.43. The second kappa shape index (κ2) is 10.6. The fourth-order valence-electron chi connectivity index (χ4n) is 3.47. The zero-order valence-electron chi connectivity index (χ0n) is 14.3. The molecule has 0 aromatic rings. The SMILES string of the molecule is CCCCCC1(OCCN(CC)CC)CCCCCC1. The van der Waals surface area contributed by atoms with Crippen LogP contribution in [0.3, 0.4) is 0 Å². The Hall–Kier alpha value is -0.0800. The van der Waals surface area contributed by atoms with Crippen molar-refractivity contribution in [2.24, 2.45) is 0 Å². The molecule has 2 heteroatoms. The van der Waals surface area contributed by atoms with E-state index < -0.39 is 0 Å². The van der Waals surface area contributed by atoms with E-state index in [9.17, 15) is 0 Å². The van der Waals surface area contributed by atoms with Crippen molar-refractivity contribution >= 4 is 0 Å². The molecule has 0 bridgehead atoms. The molecule has 1 aliphatic rings. The molecule has 1 rings (SSSR count). The summed E-state index contributed by atoms with van der Waals surface area (Å²) in [6.07, 6.45) is 13.5. The molecule has 2 nitrogen and oxygen atoms in total. The first-order valence-electron chi connectivity index (χ1n) is 9.12. The quantitative estimate of drug-likeness (QED) is 0.412. The maximum absolute atomic E-state index is 6.49. The molecule has 120 valence electrons. The van der Waals surface area contributed by atoms with Crippen molar-refractivity contribution in [3.63, 3.8) is 0 Å². The van der Waals surface area contributed by atoms with Gasteiger partial charge in [0, 0.05) is 6.54 Å². The Morgan fingerprint density at radius 2 is 1.55 bits per heavy atom. The summed E-state index contributed by atoms with van der Waals surface area (Å²) in [6, 6.07) is 0. The van der Waals surface area contributed by atoms with E-state index in [2.05, 4.69) is 25.7 Å². The molecule has 1 saturated carbocycles. The van der Waals surface area contributed by atoms with Crippen LogP contribution in [0.1, 0.15) is 85.0 Å². The van der Waals surface area contributed by atoms with Crippen LogP contribution in [0.5, 0.6) is 0 Å². The minimum atomic E-state index is 0.221. The number of unbranched alkanes of at least 4 members (excludes halogenated alkanes) is 2. The molecule has 0 aromatic carbocycles. The average molecular weight is 284 g/mol. The smallest absolute Gasteiger partial charge is 0.0683 e. The maximum atomic E-state index is 6.49. The summed E-state index contributed by atoms with van der Waals surface area (Å²) in [5, 5.41) is 0. The van der Waals surface area contributed by atoms with Gasteiger partial charge in [0.1, 0.15) is 0 Å². The normalized spacial score (nSPS) is 19.2. The first kappa shape index (κ1) is 18.0. The third kappa shape index (κ3) is 6.58. The zero-order chi connectivity index (χ0) is 14.7. The van der Waals surface area contributed by atoms with Crippen LogP contribution < -0.4 is 0 Å². The molecular weight excluding hydrogens is 246 g/mol. The molecule has 0 saturated heterocycles. The van der Waals surface area contributed by atoms with Crippen LogP contribution in [0, 0.1) is 0 Å². The maximum Gasteiger partial charge on any atom is 0.0683 e. The molecule has 20 heavy (non-hydrogen) atoms. The minimum absolute atomic E-state index is 0.221. The Bertz CT molecular complexity index is 217. The van der Waals surface area contributed by atoms with Gasteiger partial charge in [0.25, 0.3) is 0 Å². The number of rotatable bonds is 10. The highest BCUT2D eigenvalue weighted by atomic mass is 16.5. The number of likely N-dealkylation sites (N-methyl/N-ethyl adjacent to an activating group) is 1. The minimum Gasteiger partial charge on any atom is -0.374 e. The van der Waals surface area contributed by atoms with Gasteiger partial charge in [-0.1, -0.05) is 65.7 Å². The Labute approximate surface area is 127 Å². The Morgan fingerprint density at radius 3 is 2.10 bits per heavy atom. The highest BCUT2D eigenvalue weighted by Gasteiger charge is 2.31. The molecule has 1 fully saturated rings. The number of hydrogen-bond donors (Lipinski definition) is 0. The summed E-state index contributed by atoms with van der Waals surface area (Å²) in [4.78, 5) is 2.47. The second-order valence-corrected chi connectivity index (χ2v) is 6.43. The predicted octanol–water partition coefficient (Wildman–Crippen LogP) is 5.02. The van der Waals surface area contributed by atoms with Gasteiger partial charge in [0.2, 0.25) is 0 Å². The first-order valence-corrected chi connectivity index (χ1v) is 9.12. The summed E-state index contributed by atoms with van der Waals surface area (Å²) < 4.78 is 6.49. The molecule has 0 spiro atoms. The largest absolute Gasteiger partial charge is 0.374 e. The molecular formula is C18H37NO. The lowest BCUT2D eigenvalue weighted by Crippen LogP contribution is -2.36. The lowest BCUT2D eigenvalue weighted by Gasteiger charge is -2.34. The fraction of sp³-hybridized carbons (Fsp3) is 1.00. The van der Waals surface area contributed by atoms with Crippen LogP contribution in [0.25, 0.3) is 0 Å². The van der Waals surface area contributed by atoms with Crippen molar-refractivity contribution < 1.29 is 4.74 Å². The number of nitrogens with zero attached hydrogens (tertiary/aromatic N) is 1. The predicted molar refractivity (Wildman–Crippen MR) is 88.3 cm³/mol. The van der Waals surface area contributed by atoms with Gasteiger partial charge in [0.05, 0.1) is 12.2 Å². The van der Waals surface area contributed by atoms with Gasteiger partial charge in [-0.15, -0.1) is 0 Å². The van der Waals surface area contributed by atoms with Crippen LogP contribution in [-0.2, 0) is 4.74 Å². The summed E-state index contributed by atoms with van der Waals surface area (Å²) in [6.45, 7) is 11.1. The van der Waals surface area contributed by atoms with Crippen LogP contribution in [-0.4, -0.2) is 36.7 Å². The van der Waals surface area contributed by atoms with Gasteiger partial charge < -0.3 is 9.64 Å². The van der Waals surface area contributed by atoms with E-state index in [-0.39, 0.29) is 5.60 Å². The van der Waals surface area contributed by atoms with Gasteiger partial charge in [-0.05, 0) is 32.4 Å². The van der Waals surface area contributed by atoms with Gasteiger partial charge in [-0.25, -0.2) is 0 Å². The van der Waals surface area contributed by atoms with Crippen LogP contribution in [0.15, 0.2) is 0 Å². The Balaban J connectivity index is 2.43. The van der Waals surface area contributed by atoms with Crippen molar-refractivity contribution in [2.75, 3.05) is 26.2 Å². The molecule has 0 N–H and O–H groups in total. The molecule has 0 amide bonds. The van der Waals surface area contributed by atoms with Gasteiger partial charge in [-0.3, -0.25) is 0 Å². The van der Waals surface area contributed by atoms with Crippen molar-refractivity contribution in [1.29, 1.82) is 0 Å². The number of ether oxygens (including phenoxy) is 1. The lowest BCUT2D eigenvalue weighted by molar-refractivity contribution is -0.0691. The molecule has 0 aliphatic heterocycles. The standard InChI is InChI=1S/C18H37NO/c1-4-7-10-13-18(14-11-8-9-12-15-18)20-17-16-19(5-2)6-3/h4-17H2,1-3H3. The monoisotopic (exact) mass is 283 g/mol. The molecule has 1 aliphatic carbocycles. The molecule has 0 atom stereocenters.